The van der Waals surface area contributed by atoms with Gasteiger partial charge < -0.3 is 20.9 Å². The third-order valence-electron chi connectivity index (χ3n) is 3.26. The number of anilines is 1. The lowest BCUT2D eigenvalue weighted by Crippen LogP contribution is -2.40. The number of carboxylic acid groups (broad SMARTS) is 1. The second-order valence-electron chi connectivity index (χ2n) is 4.62. The molecule has 6 nitrogen and oxygen atoms in total. The molecule has 0 saturated carbocycles. The fourth-order valence-corrected chi connectivity index (χ4v) is 1.68. The molecule has 0 fully saturated rings. The van der Waals surface area contributed by atoms with Crippen molar-refractivity contribution in [3.8, 4) is 5.75 Å². The summed E-state index contributed by atoms with van der Waals surface area (Å²) in [6.07, 6.45) is 0.801. The molecule has 0 aliphatic heterocycles. The number of hydrogen-bond donors (Lipinski definition) is 3. The van der Waals surface area contributed by atoms with Crippen LogP contribution in [0.3, 0.4) is 0 Å². The Labute approximate surface area is 117 Å². The van der Waals surface area contributed by atoms with Gasteiger partial charge in [0.15, 0.2) is 0 Å². The number of ether oxygens (including phenoxy) is 1. The average Bonchev–Trinajstić information content (AvgIpc) is 2.44. The number of nitrogens with two attached hydrogens (primary N) is 1. The molecule has 1 amide bonds. The van der Waals surface area contributed by atoms with Crippen LogP contribution in [0.15, 0.2) is 18.2 Å². The van der Waals surface area contributed by atoms with Gasteiger partial charge in [0.1, 0.15) is 11.3 Å². The second-order valence-corrected chi connectivity index (χ2v) is 4.62. The zero-order valence-corrected chi connectivity index (χ0v) is 11.8. The highest BCUT2D eigenvalue weighted by Gasteiger charge is 2.20. The van der Waals surface area contributed by atoms with E-state index < -0.39 is 12.0 Å². The molecule has 2 unspecified atom stereocenters. The van der Waals surface area contributed by atoms with E-state index in [0.29, 0.717) is 5.69 Å². The van der Waals surface area contributed by atoms with E-state index >= 15 is 0 Å². The standard InChI is InChI=1S/C14H20N2O4/c1-4-8(2)12(15)13(17)16-9-5-6-10(14(18)19)11(7-9)20-3/h5-8,12H,4,15H2,1-3H3,(H,16,17)(H,18,19). The fraction of sp³-hybridized carbons (Fsp3) is 0.429. The molecule has 2 atom stereocenters. The van der Waals surface area contributed by atoms with Crippen LogP contribution in [0.1, 0.15) is 30.6 Å². The van der Waals surface area contributed by atoms with Crippen molar-refractivity contribution < 1.29 is 19.4 Å². The Morgan fingerprint density at radius 1 is 1.45 bits per heavy atom. The third kappa shape index (κ3) is 3.71. The topological polar surface area (TPSA) is 102 Å². The van der Waals surface area contributed by atoms with E-state index in [1.807, 2.05) is 13.8 Å². The highest BCUT2D eigenvalue weighted by Crippen LogP contribution is 2.23. The lowest BCUT2D eigenvalue weighted by molar-refractivity contribution is -0.118. The van der Waals surface area contributed by atoms with Gasteiger partial charge in [-0.3, -0.25) is 4.79 Å². The van der Waals surface area contributed by atoms with E-state index in [1.165, 1.54) is 25.3 Å². The molecule has 0 aromatic heterocycles. The number of rotatable bonds is 6. The van der Waals surface area contributed by atoms with Crippen LogP contribution in [-0.2, 0) is 4.79 Å². The first kappa shape index (κ1) is 16.0. The smallest absolute Gasteiger partial charge is 0.339 e. The molecular weight excluding hydrogens is 260 g/mol. The molecule has 110 valence electrons. The maximum atomic E-state index is 11.9. The van der Waals surface area contributed by atoms with Crippen LogP contribution in [0.5, 0.6) is 5.75 Å². The first-order chi connectivity index (χ1) is 9.40. The number of hydrogen-bond acceptors (Lipinski definition) is 4. The monoisotopic (exact) mass is 280 g/mol. The van der Waals surface area contributed by atoms with E-state index in [2.05, 4.69) is 5.32 Å². The maximum Gasteiger partial charge on any atom is 0.339 e. The van der Waals surface area contributed by atoms with Crippen molar-refractivity contribution in [2.75, 3.05) is 12.4 Å². The lowest BCUT2D eigenvalue weighted by atomic mass is 9.99. The summed E-state index contributed by atoms with van der Waals surface area (Å²) in [7, 11) is 1.37. The van der Waals surface area contributed by atoms with E-state index in [-0.39, 0.29) is 23.1 Å². The molecule has 0 heterocycles. The highest BCUT2D eigenvalue weighted by atomic mass is 16.5. The summed E-state index contributed by atoms with van der Waals surface area (Å²) in [5.41, 5.74) is 6.32. The summed E-state index contributed by atoms with van der Waals surface area (Å²) in [5.74, 6) is -1.14. The Hall–Kier alpha value is -2.08. The van der Waals surface area contributed by atoms with Gasteiger partial charge in [-0.1, -0.05) is 20.3 Å². The molecule has 20 heavy (non-hydrogen) atoms. The summed E-state index contributed by atoms with van der Waals surface area (Å²) in [6, 6.07) is 3.74. The summed E-state index contributed by atoms with van der Waals surface area (Å²) in [4.78, 5) is 22.9. The minimum Gasteiger partial charge on any atom is -0.496 e. The molecule has 0 spiro atoms. The molecule has 4 N–H and O–H groups in total. The van der Waals surface area contributed by atoms with Crippen molar-refractivity contribution in [1.82, 2.24) is 0 Å². The predicted octanol–water partition coefficient (Wildman–Crippen LogP) is 1.71. The number of amides is 1. The van der Waals surface area contributed by atoms with Crippen LogP contribution < -0.4 is 15.8 Å². The molecule has 0 aliphatic rings. The fourth-order valence-electron chi connectivity index (χ4n) is 1.68. The van der Waals surface area contributed by atoms with Crippen molar-refractivity contribution in [3.05, 3.63) is 23.8 Å². The van der Waals surface area contributed by atoms with E-state index in [0.717, 1.165) is 6.42 Å². The van der Waals surface area contributed by atoms with Gasteiger partial charge in [-0.2, -0.15) is 0 Å². The largest absolute Gasteiger partial charge is 0.496 e. The number of carboxylic acids is 1. The number of carbonyl (C=O) groups excluding carboxylic acids is 1. The summed E-state index contributed by atoms with van der Waals surface area (Å²) in [5, 5.41) is 11.6. The van der Waals surface area contributed by atoms with E-state index in [4.69, 9.17) is 15.6 Å². The number of methoxy groups -OCH3 is 1. The highest BCUT2D eigenvalue weighted by molar-refractivity contribution is 5.96. The Balaban J connectivity index is 2.88. The first-order valence-electron chi connectivity index (χ1n) is 6.38. The van der Waals surface area contributed by atoms with Gasteiger partial charge in [0, 0.05) is 11.8 Å². The molecule has 1 aromatic carbocycles. The van der Waals surface area contributed by atoms with Gasteiger partial charge in [0.25, 0.3) is 0 Å². The summed E-state index contributed by atoms with van der Waals surface area (Å²) < 4.78 is 4.99. The SMILES string of the molecule is CCC(C)C(N)C(=O)Nc1ccc(C(=O)O)c(OC)c1. The quantitative estimate of drug-likeness (QED) is 0.736. The minimum atomic E-state index is -1.09. The van der Waals surface area contributed by atoms with Crippen molar-refractivity contribution >= 4 is 17.6 Å². The average molecular weight is 280 g/mol. The van der Waals surface area contributed by atoms with Crippen molar-refractivity contribution in [1.29, 1.82) is 0 Å². The van der Waals surface area contributed by atoms with Crippen LogP contribution in [-0.4, -0.2) is 30.1 Å². The molecule has 1 rings (SSSR count). The number of nitrogens with one attached hydrogen (secondary N) is 1. The first-order valence-corrected chi connectivity index (χ1v) is 6.38. The summed E-state index contributed by atoms with van der Waals surface area (Å²) >= 11 is 0. The lowest BCUT2D eigenvalue weighted by Gasteiger charge is -2.18. The molecule has 0 saturated heterocycles. The van der Waals surface area contributed by atoms with Crippen LogP contribution >= 0.6 is 0 Å². The van der Waals surface area contributed by atoms with Gasteiger partial charge in [-0.15, -0.1) is 0 Å². The number of aromatic carboxylic acids is 1. The minimum absolute atomic E-state index is 0.0386. The van der Waals surface area contributed by atoms with Gasteiger partial charge in [0.2, 0.25) is 5.91 Å². The van der Waals surface area contributed by atoms with Crippen molar-refractivity contribution in [2.45, 2.75) is 26.3 Å². The van der Waals surface area contributed by atoms with E-state index in [9.17, 15) is 9.59 Å². The Morgan fingerprint density at radius 2 is 2.10 bits per heavy atom. The van der Waals surface area contributed by atoms with Crippen LogP contribution in [0.25, 0.3) is 0 Å². The van der Waals surface area contributed by atoms with Gasteiger partial charge >= 0.3 is 5.97 Å². The van der Waals surface area contributed by atoms with Crippen LogP contribution in [0, 0.1) is 5.92 Å². The van der Waals surface area contributed by atoms with Crippen LogP contribution in [0.2, 0.25) is 0 Å². The number of carbonyl (C=O) groups is 2. The zero-order valence-electron chi connectivity index (χ0n) is 11.8. The molecule has 0 aliphatic carbocycles. The molecule has 0 radical (unpaired) electrons. The van der Waals surface area contributed by atoms with Gasteiger partial charge in [-0.25, -0.2) is 4.79 Å². The Morgan fingerprint density at radius 3 is 2.60 bits per heavy atom. The number of benzene rings is 1. The maximum absolute atomic E-state index is 11.9. The second kappa shape index (κ2) is 6.91. The Bertz CT molecular complexity index is 502. The normalized spacial score (nSPS) is 13.4. The molecule has 1 aromatic rings. The van der Waals surface area contributed by atoms with Crippen LogP contribution in [0.4, 0.5) is 5.69 Å². The molecule has 6 heteroatoms. The molecule has 0 bridgehead atoms. The predicted molar refractivity (Wildman–Crippen MR) is 76.0 cm³/mol. The zero-order chi connectivity index (χ0) is 15.3. The van der Waals surface area contributed by atoms with Crippen molar-refractivity contribution in [3.63, 3.8) is 0 Å². The summed E-state index contributed by atoms with van der Waals surface area (Å²) in [6.45, 7) is 3.86. The van der Waals surface area contributed by atoms with Crippen molar-refractivity contribution in [2.24, 2.45) is 11.7 Å². The van der Waals surface area contributed by atoms with Gasteiger partial charge in [0.05, 0.1) is 13.2 Å². The molecular formula is C14H20N2O4. The van der Waals surface area contributed by atoms with E-state index in [1.54, 1.807) is 0 Å². The Kier molecular flexibility index (Phi) is 5.52. The third-order valence-corrected chi connectivity index (χ3v) is 3.26. The van der Waals surface area contributed by atoms with Gasteiger partial charge in [-0.05, 0) is 18.1 Å².